The molecule has 0 heterocycles. The van der Waals surface area contributed by atoms with Crippen molar-refractivity contribution in [2.24, 2.45) is 0 Å². The predicted octanol–water partition coefficient (Wildman–Crippen LogP) is 6.30. The highest BCUT2D eigenvalue weighted by Crippen LogP contribution is 2.18. The van der Waals surface area contributed by atoms with Gasteiger partial charge in [0.2, 0.25) is 8.32 Å². The lowest BCUT2D eigenvalue weighted by Gasteiger charge is -2.27. The highest BCUT2D eigenvalue weighted by atomic mass is 35.5. The lowest BCUT2D eigenvalue weighted by Crippen LogP contribution is -2.37. The van der Waals surface area contributed by atoms with Crippen molar-refractivity contribution >= 4 is 19.9 Å². The van der Waals surface area contributed by atoms with E-state index < -0.39 is 8.32 Å². The van der Waals surface area contributed by atoms with Gasteiger partial charge in [0, 0.05) is 11.6 Å². The van der Waals surface area contributed by atoms with Crippen LogP contribution in [0.3, 0.4) is 0 Å². The average molecular weight is 307 g/mol. The van der Waals surface area contributed by atoms with Gasteiger partial charge in [0.25, 0.3) is 0 Å². The molecule has 0 aliphatic carbocycles. The van der Waals surface area contributed by atoms with E-state index in [1.54, 1.807) is 0 Å². The van der Waals surface area contributed by atoms with E-state index in [1.165, 1.54) is 57.8 Å². The molecule has 0 rings (SSSR count). The first-order valence-corrected chi connectivity index (χ1v) is 11.9. The Morgan fingerprint density at radius 3 is 1.89 bits per heavy atom. The van der Waals surface area contributed by atoms with E-state index in [0.717, 1.165) is 6.42 Å². The standard InChI is InChI=1S/C16H35ClOSi/c1-5-7-8-9-10-11-12-13-14-16(6-2)18-19(3,4)15-17/h16H,5-15H2,1-4H3. The number of hydrogen-bond acceptors (Lipinski definition) is 1. The maximum atomic E-state index is 6.20. The third kappa shape index (κ3) is 12.0. The van der Waals surface area contributed by atoms with Gasteiger partial charge in [-0.3, -0.25) is 0 Å². The summed E-state index contributed by atoms with van der Waals surface area (Å²) >= 11 is 5.98. The maximum absolute atomic E-state index is 6.20. The van der Waals surface area contributed by atoms with Gasteiger partial charge in [-0.05, 0) is 25.9 Å². The van der Waals surface area contributed by atoms with Crippen LogP contribution in [0.15, 0.2) is 0 Å². The molecule has 19 heavy (non-hydrogen) atoms. The zero-order valence-electron chi connectivity index (χ0n) is 13.6. The van der Waals surface area contributed by atoms with E-state index in [2.05, 4.69) is 26.9 Å². The molecule has 0 saturated heterocycles. The summed E-state index contributed by atoms with van der Waals surface area (Å²) in [5.74, 6) is 0. The first-order chi connectivity index (χ1) is 9.05. The summed E-state index contributed by atoms with van der Waals surface area (Å²) in [6.07, 6.45) is 13.9. The molecular formula is C16H35ClOSi. The smallest absolute Gasteiger partial charge is 0.201 e. The minimum Gasteiger partial charge on any atom is -0.413 e. The van der Waals surface area contributed by atoms with Crippen LogP contribution < -0.4 is 0 Å². The molecule has 0 aromatic rings. The van der Waals surface area contributed by atoms with E-state index in [0.29, 0.717) is 11.6 Å². The molecule has 0 amide bonds. The SMILES string of the molecule is CCCCCCCCCCC(CC)O[Si](C)(C)CCl. The van der Waals surface area contributed by atoms with Gasteiger partial charge in [0.05, 0.1) is 0 Å². The van der Waals surface area contributed by atoms with Crippen LogP contribution >= 0.6 is 11.6 Å². The molecule has 0 aliphatic rings. The fraction of sp³-hybridized carbons (Fsp3) is 1.00. The molecule has 1 atom stereocenters. The van der Waals surface area contributed by atoms with Gasteiger partial charge < -0.3 is 4.43 Å². The number of rotatable bonds is 13. The largest absolute Gasteiger partial charge is 0.413 e. The second-order valence-corrected chi connectivity index (χ2v) is 11.1. The number of hydrogen-bond donors (Lipinski definition) is 0. The van der Waals surface area contributed by atoms with Gasteiger partial charge in [-0.15, -0.1) is 11.6 Å². The monoisotopic (exact) mass is 306 g/mol. The lowest BCUT2D eigenvalue weighted by molar-refractivity contribution is 0.174. The minimum absolute atomic E-state index is 0.445. The van der Waals surface area contributed by atoms with Gasteiger partial charge in [0.1, 0.15) is 0 Å². The van der Waals surface area contributed by atoms with E-state index in [4.69, 9.17) is 16.0 Å². The van der Waals surface area contributed by atoms with Crippen LogP contribution in [0.2, 0.25) is 13.1 Å². The second kappa shape index (κ2) is 12.2. The molecule has 0 bridgehead atoms. The molecule has 0 aliphatic heterocycles. The molecule has 1 nitrogen and oxygen atoms in total. The summed E-state index contributed by atoms with van der Waals surface area (Å²) in [5.41, 5.74) is 0.709. The molecule has 1 unspecified atom stereocenters. The van der Waals surface area contributed by atoms with Crippen LogP contribution in [0.25, 0.3) is 0 Å². The predicted molar refractivity (Wildman–Crippen MR) is 90.6 cm³/mol. The Hall–Kier alpha value is 0.467. The van der Waals surface area contributed by atoms with Crippen molar-refractivity contribution in [1.29, 1.82) is 0 Å². The van der Waals surface area contributed by atoms with Crippen molar-refractivity contribution in [3.63, 3.8) is 0 Å². The zero-order chi connectivity index (χ0) is 14.6. The Bertz CT molecular complexity index is 197. The highest BCUT2D eigenvalue weighted by molar-refractivity contribution is 6.77. The maximum Gasteiger partial charge on any atom is 0.201 e. The van der Waals surface area contributed by atoms with Crippen molar-refractivity contribution in [2.45, 2.75) is 97.3 Å². The Morgan fingerprint density at radius 1 is 0.895 bits per heavy atom. The van der Waals surface area contributed by atoms with Gasteiger partial charge in [-0.2, -0.15) is 0 Å². The van der Waals surface area contributed by atoms with Gasteiger partial charge >= 0.3 is 0 Å². The van der Waals surface area contributed by atoms with E-state index in [-0.39, 0.29) is 0 Å². The van der Waals surface area contributed by atoms with Crippen LogP contribution in [-0.2, 0) is 4.43 Å². The first-order valence-electron chi connectivity index (χ1n) is 8.29. The van der Waals surface area contributed by atoms with Crippen molar-refractivity contribution in [3.05, 3.63) is 0 Å². The normalized spacial score (nSPS) is 13.7. The molecule has 0 aromatic heterocycles. The Balaban J connectivity index is 3.51. The molecule has 0 aromatic carbocycles. The Labute approximate surface area is 127 Å². The van der Waals surface area contributed by atoms with Crippen LogP contribution in [0.1, 0.15) is 78.1 Å². The number of alkyl halides is 1. The summed E-state index contributed by atoms with van der Waals surface area (Å²) in [4.78, 5) is 0. The number of unbranched alkanes of at least 4 members (excludes halogenated alkanes) is 7. The summed E-state index contributed by atoms with van der Waals surface area (Å²) in [5, 5.41) is 0. The van der Waals surface area contributed by atoms with Gasteiger partial charge in [0.15, 0.2) is 0 Å². The van der Waals surface area contributed by atoms with E-state index in [1.807, 2.05) is 0 Å². The van der Waals surface area contributed by atoms with E-state index >= 15 is 0 Å². The van der Waals surface area contributed by atoms with Crippen molar-refractivity contribution in [2.75, 3.05) is 5.50 Å². The van der Waals surface area contributed by atoms with Crippen LogP contribution in [0, 0.1) is 0 Å². The molecule has 0 spiro atoms. The molecule has 116 valence electrons. The van der Waals surface area contributed by atoms with Crippen molar-refractivity contribution in [1.82, 2.24) is 0 Å². The van der Waals surface area contributed by atoms with Gasteiger partial charge in [-0.1, -0.05) is 65.2 Å². The van der Waals surface area contributed by atoms with Crippen molar-refractivity contribution < 1.29 is 4.43 Å². The van der Waals surface area contributed by atoms with E-state index in [9.17, 15) is 0 Å². The zero-order valence-corrected chi connectivity index (χ0v) is 15.4. The molecule has 0 saturated carbocycles. The fourth-order valence-corrected chi connectivity index (χ4v) is 3.77. The van der Waals surface area contributed by atoms with Crippen LogP contribution in [0.5, 0.6) is 0 Å². The van der Waals surface area contributed by atoms with Crippen molar-refractivity contribution in [3.8, 4) is 0 Å². The summed E-state index contributed by atoms with van der Waals surface area (Å²) in [6, 6.07) is 0. The summed E-state index contributed by atoms with van der Waals surface area (Å²) < 4.78 is 6.20. The third-order valence-corrected chi connectivity index (χ3v) is 7.19. The Kier molecular flexibility index (Phi) is 12.5. The molecular weight excluding hydrogens is 272 g/mol. The first kappa shape index (κ1) is 19.5. The molecule has 0 fully saturated rings. The summed E-state index contributed by atoms with van der Waals surface area (Å²) in [7, 11) is -1.59. The molecule has 0 N–H and O–H groups in total. The van der Waals surface area contributed by atoms with Crippen LogP contribution in [0.4, 0.5) is 0 Å². The highest BCUT2D eigenvalue weighted by Gasteiger charge is 2.24. The molecule has 3 heteroatoms. The minimum atomic E-state index is -1.59. The summed E-state index contributed by atoms with van der Waals surface area (Å²) in [6.45, 7) is 8.94. The second-order valence-electron chi connectivity index (χ2n) is 6.30. The van der Waals surface area contributed by atoms with Crippen LogP contribution in [-0.4, -0.2) is 19.9 Å². The number of halogens is 1. The lowest BCUT2D eigenvalue weighted by atomic mass is 10.0. The van der Waals surface area contributed by atoms with Gasteiger partial charge in [-0.25, -0.2) is 0 Å². The molecule has 0 radical (unpaired) electrons. The topological polar surface area (TPSA) is 9.23 Å². The fourth-order valence-electron chi connectivity index (χ4n) is 2.33. The average Bonchev–Trinajstić information content (AvgIpc) is 2.40. The Morgan fingerprint density at radius 2 is 1.42 bits per heavy atom. The quantitative estimate of drug-likeness (QED) is 0.220. The third-order valence-electron chi connectivity index (χ3n) is 3.64.